The first-order valence-electron chi connectivity index (χ1n) is 8.15. The number of thioether (sulfide) groups is 1. The molecule has 2 aromatic rings. The lowest BCUT2D eigenvalue weighted by Crippen LogP contribution is -2.34. The predicted molar refractivity (Wildman–Crippen MR) is 99.8 cm³/mol. The SMILES string of the molecule is O=C(Nc1ccc(F)c(Cl)c1)N1CCS[C@@H]1c1ccc2c(c1)OCCO2. The van der Waals surface area contributed by atoms with Crippen LogP contribution in [0, 0.1) is 5.82 Å². The van der Waals surface area contributed by atoms with Crippen molar-refractivity contribution in [2.24, 2.45) is 0 Å². The number of halogens is 2. The molecule has 2 aliphatic heterocycles. The Bertz CT molecular complexity index is 851. The molecule has 8 heteroatoms. The van der Waals surface area contributed by atoms with Crippen molar-refractivity contribution in [1.29, 1.82) is 0 Å². The lowest BCUT2D eigenvalue weighted by Gasteiger charge is -2.26. The first kappa shape index (κ1) is 17.3. The zero-order valence-corrected chi connectivity index (χ0v) is 15.3. The molecule has 2 aromatic carbocycles. The lowest BCUT2D eigenvalue weighted by molar-refractivity contribution is 0.171. The van der Waals surface area contributed by atoms with Gasteiger partial charge in [0.25, 0.3) is 0 Å². The summed E-state index contributed by atoms with van der Waals surface area (Å²) in [4.78, 5) is 14.4. The van der Waals surface area contributed by atoms with Crippen molar-refractivity contribution in [3.8, 4) is 11.5 Å². The van der Waals surface area contributed by atoms with Crippen LogP contribution in [0.4, 0.5) is 14.9 Å². The highest BCUT2D eigenvalue weighted by Gasteiger charge is 2.31. The van der Waals surface area contributed by atoms with Gasteiger partial charge in [-0.2, -0.15) is 0 Å². The average Bonchev–Trinajstić information content (AvgIpc) is 3.14. The Kier molecular flexibility index (Phi) is 4.82. The summed E-state index contributed by atoms with van der Waals surface area (Å²) in [6, 6.07) is 9.61. The van der Waals surface area contributed by atoms with E-state index in [9.17, 15) is 9.18 Å². The number of fused-ring (bicyclic) bond motifs is 1. The Morgan fingerprint density at radius 2 is 2.00 bits per heavy atom. The zero-order valence-electron chi connectivity index (χ0n) is 13.7. The summed E-state index contributed by atoms with van der Waals surface area (Å²) >= 11 is 7.46. The van der Waals surface area contributed by atoms with Gasteiger partial charge in [0, 0.05) is 18.0 Å². The van der Waals surface area contributed by atoms with E-state index < -0.39 is 5.82 Å². The highest BCUT2D eigenvalue weighted by atomic mass is 35.5. The van der Waals surface area contributed by atoms with Gasteiger partial charge in [0.2, 0.25) is 0 Å². The van der Waals surface area contributed by atoms with Crippen LogP contribution < -0.4 is 14.8 Å². The third-order valence-corrected chi connectivity index (χ3v) is 5.72. The van der Waals surface area contributed by atoms with E-state index in [1.807, 2.05) is 18.2 Å². The van der Waals surface area contributed by atoms with Gasteiger partial charge in [-0.05, 0) is 35.9 Å². The highest BCUT2D eigenvalue weighted by Crippen LogP contribution is 2.42. The number of carbonyl (C=O) groups is 1. The maximum absolute atomic E-state index is 13.3. The molecule has 1 saturated heterocycles. The molecule has 4 rings (SSSR count). The van der Waals surface area contributed by atoms with Crippen molar-refractivity contribution in [1.82, 2.24) is 4.90 Å². The van der Waals surface area contributed by atoms with Gasteiger partial charge >= 0.3 is 6.03 Å². The molecular weight excluding hydrogens is 379 g/mol. The molecular formula is C18H16ClFN2O3S. The molecule has 0 aliphatic carbocycles. The lowest BCUT2D eigenvalue weighted by atomic mass is 10.1. The minimum absolute atomic E-state index is 0.0259. The van der Waals surface area contributed by atoms with E-state index in [1.165, 1.54) is 18.2 Å². The molecule has 136 valence electrons. The van der Waals surface area contributed by atoms with Gasteiger partial charge in [0.1, 0.15) is 24.4 Å². The van der Waals surface area contributed by atoms with Crippen LogP contribution >= 0.6 is 23.4 Å². The van der Waals surface area contributed by atoms with Crippen LogP contribution in [0.1, 0.15) is 10.9 Å². The van der Waals surface area contributed by atoms with E-state index in [2.05, 4.69) is 5.32 Å². The summed E-state index contributed by atoms with van der Waals surface area (Å²) in [6.07, 6.45) is 0. The number of benzene rings is 2. The van der Waals surface area contributed by atoms with Crippen molar-refractivity contribution >= 4 is 35.1 Å². The van der Waals surface area contributed by atoms with E-state index in [4.69, 9.17) is 21.1 Å². The van der Waals surface area contributed by atoms with Gasteiger partial charge in [0.05, 0.1) is 5.02 Å². The van der Waals surface area contributed by atoms with Crippen molar-refractivity contribution in [3.05, 3.63) is 52.8 Å². The number of nitrogens with one attached hydrogen (secondary N) is 1. The summed E-state index contributed by atoms with van der Waals surface area (Å²) in [6.45, 7) is 1.67. The minimum Gasteiger partial charge on any atom is -0.486 e. The second-order valence-corrected chi connectivity index (χ2v) is 7.47. The molecule has 1 N–H and O–H groups in total. The summed E-state index contributed by atoms with van der Waals surface area (Å²) in [5.41, 5.74) is 1.43. The first-order chi connectivity index (χ1) is 12.6. The molecule has 1 fully saturated rings. The molecule has 0 saturated carbocycles. The van der Waals surface area contributed by atoms with Crippen LogP contribution in [-0.2, 0) is 0 Å². The largest absolute Gasteiger partial charge is 0.486 e. The van der Waals surface area contributed by atoms with E-state index in [1.54, 1.807) is 16.7 Å². The molecule has 2 aliphatic rings. The predicted octanol–water partition coefficient (Wildman–Crippen LogP) is 4.53. The first-order valence-corrected chi connectivity index (χ1v) is 9.58. The molecule has 0 radical (unpaired) electrons. The van der Waals surface area contributed by atoms with Gasteiger partial charge in [0.15, 0.2) is 11.5 Å². The number of nitrogens with zero attached hydrogens (tertiary/aromatic N) is 1. The van der Waals surface area contributed by atoms with Gasteiger partial charge in [-0.3, -0.25) is 0 Å². The van der Waals surface area contributed by atoms with Crippen LogP contribution in [0.15, 0.2) is 36.4 Å². The monoisotopic (exact) mass is 394 g/mol. The molecule has 2 amide bonds. The zero-order chi connectivity index (χ0) is 18.1. The van der Waals surface area contributed by atoms with Crippen molar-refractivity contribution in [2.75, 3.05) is 30.8 Å². The van der Waals surface area contributed by atoms with Crippen molar-refractivity contribution in [2.45, 2.75) is 5.37 Å². The molecule has 0 unspecified atom stereocenters. The molecule has 26 heavy (non-hydrogen) atoms. The van der Waals surface area contributed by atoms with Gasteiger partial charge < -0.3 is 19.7 Å². The quantitative estimate of drug-likeness (QED) is 0.813. The number of amides is 2. The van der Waals surface area contributed by atoms with E-state index in [-0.39, 0.29) is 16.4 Å². The Morgan fingerprint density at radius 3 is 2.81 bits per heavy atom. The van der Waals surface area contributed by atoms with Crippen LogP contribution in [0.2, 0.25) is 5.02 Å². The Balaban J connectivity index is 1.52. The summed E-state index contributed by atoms with van der Waals surface area (Å²) < 4.78 is 24.5. The summed E-state index contributed by atoms with van der Waals surface area (Å²) in [7, 11) is 0. The maximum atomic E-state index is 13.3. The Morgan fingerprint density at radius 1 is 1.19 bits per heavy atom. The van der Waals surface area contributed by atoms with Crippen LogP contribution in [0.3, 0.4) is 0 Å². The average molecular weight is 395 g/mol. The molecule has 5 nitrogen and oxygen atoms in total. The maximum Gasteiger partial charge on any atom is 0.323 e. The smallest absolute Gasteiger partial charge is 0.323 e. The molecule has 1 atom stereocenters. The second-order valence-electron chi connectivity index (χ2n) is 5.88. The number of hydrogen-bond acceptors (Lipinski definition) is 4. The van der Waals surface area contributed by atoms with Gasteiger partial charge in [-0.25, -0.2) is 9.18 Å². The molecule has 0 spiro atoms. The topological polar surface area (TPSA) is 50.8 Å². The van der Waals surface area contributed by atoms with E-state index in [0.29, 0.717) is 31.2 Å². The fourth-order valence-electron chi connectivity index (χ4n) is 2.94. The molecule has 0 bridgehead atoms. The van der Waals surface area contributed by atoms with Crippen LogP contribution in [0.25, 0.3) is 0 Å². The van der Waals surface area contributed by atoms with Crippen LogP contribution in [-0.4, -0.2) is 36.4 Å². The highest BCUT2D eigenvalue weighted by molar-refractivity contribution is 7.99. The summed E-state index contributed by atoms with van der Waals surface area (Å²) in [5.74, 6) is 1.74. The Labute approximate surface area is 159 Å². The number of hydrogen-bond donors (Lipinski definition) is 1. The van der Waals surface area contributed by atoms with E-state index >= 15 is 0 Å². The van der Waals surface area contributed by atoms with Crippen molar-refractivity contribution < 1.29 is 18.7 Å². The number of carbonyl (C=O) groups excluding carboxylic acids is 1. The molecule has 2 heterocycles. The minimum atomic E-state index is -0.518. The molecule has 0 aromatic heterocycles. The number of urea groups is 1. The Hall–Kier alpha value is -2.12. The number of rotatable bonds is 2. The standard InChI is InChI=1S/C18H16ClFN2O3S/c19-13-10-12(2-3-14(13)20)21-18(23)22-5-8-26-17(22)11-1-4-15-16(9-11)25-7-6-24-15/h1-4,9-10,17H,5-8H2,(H,21,23)/t17-/m1/s1. The number of anilines is 1. The summed E-state index contributed by atoms with van der Waals surface area (Å²) in [5, 5.41) is 2.63. The second kappa shape index (κ2) is 7.25. The normalized spacial score (nSPS) is 18.7. The van der Waals surface area contributed by atoms with Crippen LogP contribution in [0.5, 0.6) is 11.5 Å². The van der Waals surface area contributed by atoms with Crippen molar-refractivity contribution in [3.63, 3.8) is 0 Å². The third kappa shape index (κ3) is 3.41. The fourth-order valence-corrected chi connectivity index (χ4v) is 4.36. The fraction of sp³-hybridized carbons (Fsp3) is 0.278. The van der Waals surface area contributed by atoms with Gasteiger partial charge in [-0.1, -0.05) is 17.7 Å². The van der Waals surface area contributed by atoms with Gasteiger partial charge in [-0.15, -0.1) is 11.8 Å². The number of ether oxygens (including phenoxy) is 2. The third-order valence-electron chi connectivity index (χ3n) is 4.17. The van der Waals surface area contributed by atoms with E-state index in [0.717, 1.165) is 17.1 Å².